The number of nitrogens with one attached hydrogen (secondary N) is 1. The predicted molar refractivity (Wildman–Crippen MR) is 86.2 cm³/mol. The SMILES string of the molecule is C=CC(=O)Nc1cnc(OC)c(COC2CCC(C)(F)CC2)c1. The molecule has 0 unspecified atom stereocenters. The van der Waals surface area contributed by atoms with Gasteiger partial charge in [0.05, 0.1) is 31.7 Å². The third-order valence-corrected chi connectivity index (χ3v) is 4.02. The monoisotopic (exact) mass is 322 g/mol. The van der Waals surface area contributed by atoms with Crippen LogP contribution < -0.4 is 10.1 Å². The van der Waals surface area contributed by atoms with E-state index in [4.69, 9.17) is 9.47 Å². The molecule has 1 aliphatic rings. The number of nitrogens with zero attached hydrogens (tertiary/aromatic N) is 1. The lowest BCUT2D eigenvalue weighted by molar-refractivity contribution is -0.111. The van der Waals surface area contributed by atoms with Crippen LogP contribution in [0.2, 0.25) is 0 Å². The zero-order chi connectivity index (χ0) is 16.9. The van der Waals surface area contributed by atoms with Crippen molar-refractivity contribution >= 4 is 11.6 Å². The lowest BCUT2D eigenvalue weighted by Gasteiger charge is -2.31. The van der Waals surface area contributed by atoms with Crippen LogP contribution in [0.4, 0.5) is 10.1 Å². The summed E-state index contributed by atoms with van der Waals surface area (Å²) in [6.07, 6.45) is 5.18. The first-order chi connectivity index (χ1) is 10.9. The van der Waals surface area contributed by atoms with Crippen LogP contribution in [0.25, 0.3) is 0 Å². The molecule has 0 aromatic carbocycles. The Morgan fingerprint density at radius 2 is 2.26 bits per heavy atom. The van der Waals surface area contributed by atoms with Gasteiger partial charge in [-0.15, -0.1) is 0 Å². The maximum absolute atomic E-state index is 13.8. The molecule has 126 valence electrons. The molecule has 1 fully saturated rings. The van der Waals surface area contributed by atoms with Gasteiger partial charge in [0.1, 0.15) is 5.67 Å². The van der Waals surface area contributed by atoms with E-state index in [-0.39, 0.29) is 12.0 Å². The van der Waals surface area contributed by atoms with Crippen molar-refractivity contribution < 1.29 is 18.7 Å². The van der Waals surface area contributed by atoms with Gasteiger partial charge in [0, 0.05) is 5.56 Å². The van der Waals surface area contributed by atoms with Crippen LogP contribution in [0.1, 0.15) is 38.2 Å². The molecule has 23 heavy (non-hydrogen) atoms. The molecule has 0 aliphatic heterocycles. The Labute approximate surface area is 135 Å². The number of carbonyl (C=O) groups excluding carboxylic acids is 1. The highest BCUT2D eigenvalue weighted by Gasteiger charge is 2.31. The van der Waals surface area contributed by atoms with Crippen molar-refractivity contribution in [3.63, 3.8) is 0 Å². The highest BCUT2D eigenvalue weighted by atomic mass is 19.1. The van der Waals surface area contributed by atoms with Crippen LogP contribution in [0.5, 0.6) is 5.88 Å². The average Bonchev–Trinajstić information content (AvgIpc) is 2.54. The van der Waals surface area contributed by atoms with Gasteiger partial charge in [-0.3, -0.25) is 4.79 Å². The van der Waals surface area contributed by atoms with Gasteiger partial charge in [-0.1, -0.05) is 6.58 Å². The number of aromatic nitrogens is 1. The molecule has 1 aliphatic carbocycles. The van der Waals surface area contributed by atoms with Gasteiger partial charge in [-0.25, -0.2) is 9.37 Å². The Balaban J connectivity index is 1.99. The van der Waals surface area contributed by atoms with E-state index in [1.165, 1.54) is 19.4 Å². The fourth-order valence-corrected chi connectivity index (χ4v) is 2.61. The summed E-state index contributed by atoms with van der Waals surface area (Å²) < 4.78 is 24.9. The van der Waals surface area contributed by atoms with Crippen molar-refractivity contribution in [3.8, 4) is 5.88 Å². The summed E-state index contributed by atoms with van der Waals surface area (Å²) in [5.74, 6) is 0.145. The van der Waals surface area contributed by atoms with E-state index in [0.29, 0.717) is 43.9 Å². The Hall–Kier alpha value is -1.95. The van der Waals surface area contributed by atoms with Crippen LogP contribution in [0.3, 0.4) is 0 Å². The van der Waals surface area contributed by atoms with E-state index in [1.807, 2.05) is 0 Å². The van der Waals surface area contributed by atoms with Crippen LogP contribution in [0, 0.1) is 0 Å². The molecule has 1 N–H and O–H groups in total. The Kier molecular flexibility index (Phi) is 5.71. The van der Waals surface area contributed by atoms with Crippen molar-refractivity contribution in [1.82, 2.24) is 4.98 Å². The maximum atomic E-state index is 13.8. The fraction of sp³-hybridized carbons (Fsp3) is 0.529. The second kappa shape index (κ2) is 7.55. The van der Waals surface area contributed by atoms with E-state index < -0.39 is 5.67 Å². The molecular weight excluding hydrogens is 299 g/mol. The van der Waals surface area contributed by atoms with Crippen LogP contribution in [-0.2, 0) is 16.1 Å². The minimum absolute atomic E-state index is 0.0370. The number of pyridine rings is 1. The molecule has 6 heteroatoms. The number of amides is 1. The van der Waals surface area contributed by atoms with Crippen LogP contribution >= 0.6 is 0 Å². The summed E-state index contributed by atoms with van der Waals surface area (Å²) in [6, 6.07) is 1.76. The van der Waals surface area contributed by atoms with Gasteiger partial charge in [0.15, 0.2) is 0 Å². The van der Waals surface area contributed by atoms with E-state index in [9.17, 15) is 9.18 Å². The van der Waals surface area contributed by atoms with Gasteiger partial charge >= 0.3 is 0 Å². The number of ether oxygens (including phenoxy) is 2. The molecule has 1 heterocycles. The van der Waals surface area contributed by atoms with Gasteiger partial charge in [-0.05, 0) is 44.7 Å². The van der Waals surface area contributed by atoms with Crippen molar-refractivity contribution in [1.29, 1.82) is 0 Å². The molecule has 1 saturated carbocycles. The highest BCUT2D eigenvalue weighted by molar-refractivity contribution is 5.98. The van der Waals surface area contributed by atoms with Gasteiger partial charge in [0.25, 0.3) is 0 Å². The van der Waals surface area contributed by atoms with Crippen molar-refractivity contribution in [2.75, 3.05) is 12.4 Å². The lowest BCUT2D eigenvalue weighted by atomic mass is 9.86. The number of halogens is 1. The predicted octanol–water partition coefficient (Wildman–Crippen LogP) is 3.40. The Morgan fingerprint density at radius 3 is 2.87 bits per heavy atom. The molecule has 0 bridgehead atoms. The number of anilines is 1. The number of methoxy groups -OCH3 is 1. The van der Waals surface area contributed by atoms with Crippen molar-refractivity contribution in [2.45, 2.75) is 51.0 Å². The smallest absolute Gasteiger partial charge is 0.247 e. The molecule has 0 atom stereocenters. The highest BCUT2D eigenvalue weighted by Crippen LogP contribution is 2.33. The summed E-state index contributed by atoms with van der Waals surface area (Å²) in [5, 5.41) is 2.65. The first-order valence-electron chi connectivity index (χ1n) is 7.70. The topological polar surface area (TPSA) is 60.5 Å². The maximum Gasteiger partial charge on any atom is 0.247 e. The molecule has 0 radical (unpaired) electrons. The van der Waals surface area contributed by atoms with E-state index in [1.54, 1.807) is 13.0 Å². The largest absolute Gasteiger partial charge is 0.481 e. The van der Waals surface area contributed by atoms with Crippen LogP contribution in [-0.4, -0.2) is 29.8 Å². The summed E-state index contributed by atoms with van der Waals surface area (Å²) in [6.45, 7) is 5.36. The number of hydrogen-bond donors (Lipinski definition) is 1. The minimum atomic E-state index is -1.08. The van der Waals surface area contributed by atoms with E-state index >= 15 is 0 Å². The van der Waals surface area contributed by atoms with Crippen molar-refractivity contribution in [3.05, 3.63) is 30.5 Å². The lowest BCUT2D eigenvalue weighted by Crippen LogP contribution is -2.30. The molecule has 2 rings (SSSR count). The van der Waals surface area contributed by atoms with Gasteiger partial charge in [0.2, 0.25) is 11.8 Å². The second-order valence-corrected chi connectivity index (χ2v) is 6.01. The zero-order valence-electron chi connectivity index (χ0n) is 13.6. The quantitative estimate of drug-likeness (QED) is 0.816. The summed E-state index contributed by atoms with van der Waals surface area (Å²) >= 11 is 0. The van der Waals surface area contributed by atoms with E-state index in [0.717, 1.165) is 5.56 Å². The van der Waals surface area contributed by atoms with Gasteiger partial charge in [-0.2, -0.15) is 0 Å². The molecule has 1 aromatic heterocycles. The number of rotatable bonds is 6. The summed E-state index contributed by atoms with van der Waals surface area (Å²) in [4.78, 5) is 15.5. The third-order valence-electron chi connectivity index (χ3n) is 4.02. The standard InChI is InChI=1S/C17H23FN2O3/c1-4-15(21)20-13-9-12(16(22-3)19-10-13)11-23-14-5-7-17(2,18)8-6-14/h4,9-10,14H,1,5-8,11H2,2-3H3,(H,20,21). The molecule has 5 nitrogen and oxygen atoms in total. The Bertz CT molecular complexity index is 565. The summed E-state index contributed by atoms with van der Waals surface area (Å²) in [7, 11) is 1.53. The first-order valence-corrected chi connectivity index (χ1v) is 7.70. The molecular formula is C17H23FN2O3. The molecule has 0 spiro atoms. The number of carbonyl (C=O) groups is 1. The third kappa shape index (κ3) is 5.03. The average molecular weight is 322 g/mol. The van der Waals surface area contributed by atoms with Crippen LogP contribution in [0.15, 0.2) is 24.9 Å². The summed E-state index contributed by atoms with van der Waals surface area (Å²) in [5.41, 5.74) is 0.214. The molecule has 0 saturated heterocycles. The number of alkyl halides is 1. The number of hydrogen-bond acceptors (Lipinski definition) is 4. The molecule has 1 aromatic rings. The zero-order valence-corrected chi connectivity index (χ0v) is 13.6. The van der Waals surface area contributed by atoms with E-state index in [2.05, 4.69) is 16.9 Å². The normalized spacial score (nSPS) is 24.0. The minimum Gasteiger partial charge on any atom is -0.481 e. The van der Waals surface area contributed by atoms with Crippen molar-refractivity contribution in [2.24, 2.45) is 0 Å². The first kappa shape index (κ1) is 17.4. The molecule has 1 amide bonds. The second-order valence-electron chi connectivity index (χ2n) is 6.01. The Morgan fingerprint density at radius 1 is 1.57 bits per heavy atom. The fourth-order valence-electron chi connectivity index (χ4n) is 2.61. The van der Waals surface area contributed by atoms with Gasteiger partial charge < -0.3 is 14.8 Å².